The highest BCUT2D eigenvalue weighted by Crippen LogP contribution is 2.27. The normalized spacial score (nSPS) is 27.4. The largest absolute Gasteiger partial charge is 0.316 e. The van der Waals surface area contributed by atoms with E-state index >= 15 is 0 Å². The molecule has 2 atom stereocenters. The summed E-state index contributed by atoms with van der Waals surface area (Å²) in [6.07, 6.45) is 1.23. The first-order valence-electron chi connectivity index (χ1n) is 7.02. The summed E-state index contributed by atoms with van der Waals surface area (Å²) in [5, 5.41) is 4.34. The molecule has 0 spiro atoms. The minimum atomic E-state index is 0.380. The molecule has 0 aliphatic carbocycles. The lowest BCUT2D eigenvalue weighted by Crippen LogP contribution is -2.50. The Morgan fingerprint density at radius 2 is 2.06 bits per heavy atom. The molecule has 2 unspecified atom stereocenters. The maximum Gasteiger partial charge on any atom is 0.0184 e. The molecule has 0 saturated carbocycles. The first-order valence-corrected chi connectivity index (χ1v) is 8.07. The quantitative estimate of drug-likeness (QED) is 0.738. The van der Waals surface area contributed by atoms with Crippen LogP contribution in [0.5, 0.6) is 0 Å². The first kappa shape index (κ1) is 15.3. The van der Waals surface area contributed by atoms with Gasteiger partial charge < -0.3 is 5.32 Å². The van der Waals surface area contributed by atoms with Gasteiger partial charge in [0.2, 0.25) is 0 Å². The van der Waals surface area contributed by atoms with Gasteiger partial charge in [0.25, 0.3) is 0 Å². The second kappa shape index (κ2) is 7.01. The molecule has 1 saturated heterocycles. The van der Waals surface area contributed by atoms with Gasteiger partial charge in [-0.1, -0.05) is 27.7 Å². The molecule has 1 N–H and O–H groups in total. The fourth-order valence-corrected chi connectivity index (χ4v) is 3.59. The smallest absolute Gasteiger partial charge is 0.0184 e. The summed E-state index contributed by atoms with van der Waals surface area (Å²) in [6, 6.07) is 0.721. The molecule has 1 heterocycles. The zero-order valence-electron chi connectivity index (χ0n) is 12.3. The van der Waals surface area contributed by atoms with Crippen molar-refractivity contribution in [2.45, 2.75) is 52.3 Å². The Balaban J connectivity index is 2.39. The van der Waals surface area contributed by atoms with Crippen molar-refractivity contribution >= 4 is 11.8 Å². The van der Waals surface area contributed by atoms with Gasteiger partial charge in [0.15, 0.2) is 0 Å². The van der Waals surface area contributed by atoms with E-state index in [2.05, 4.69) is 56.6 Å². The van der Waals surface area contributed by atoms with Crippen LogP contribution in [0.4, 0.5) is 0 Å². The first-order chi connectivity index (χ1) is 7.96. The molecule has 1 rings (SSSR count). The molecule has 1 fully saturated rings. The molecular weight excluding hydrogens is 228 g/mol. The van der Waals surface area contributed by atoms with Crippen LogP contribution in [0.2, 0.25) is 0 Å². The van der Waals surface area contributed by atoms with E-state index in [1.54, 1.807) is 0 Å². The fraction of sp³-hybridized carbons (Fsp3) is 1.00. The Kier molecular flexibility index (Phi) is 6.32. The van der Waals surface area contributed by atoms with E-state index in [9.17, 15) is 0 Å². The molecule has 0 amide bonds. The molecule has 0 radical (unpaired) electrons. The summed E-state index contributed by atoms with van der Waals surface area (Å²) < 4.78 is 0. The van der Waals surface area contributed by atoms with Crippen molar-refractivity contribution in [2.24, 2.45) is 5.41 Å². The minimum Gasteiger partial charge on any atom is -0.316 e. The molecule has 1 aliphatic heterocycles. The fourth-order valence-electron chi connectivity index (χ4n) is 2.43. The monoisotopic (exact) mass is 258 g/mol. The van der Waals surface area contributed by atoms with E-state index in [-0.39, 0.29) is 0 Å². The summed E-state index contributed by atoms with van der Waals surface area (Å²) in [5.74, 6) is 1.30. The number of nitrogens with one attached hydrogen (secondary N) is 1. The Morgan fingerprint density at radius 1 is 1.35 bits per heavy atom. The van der Waals surface area contributed by atoms with Crippen molar-refractivity contribution in [1.82, 2.24) is 10.2 Å². The highest BCUT2D eigenvalue weighted by molar-refractivity contribution is 8.00. The van der Waals surface area contributed by atoms with Gasteiger partial charge in [-0.3, -0.25) is 4.90 Å². The molecule has 2 nitrogen and oxygen atoms in total. The Morgan fingerprint density at radius 3 is 2.71 bits per heavy atom. The van der Waals surface area contributed by atoms with E-state index < -0.39 is 0 Å². The topological polar surface area (TPSA) is 15.3 Å². The van der Waals surface area contributed by atoms with Crippen LogP contribution in [0, 0.1) is 5.41 Å². The van der Waals surface area contributed by atoms with Crippen molar-refractivity contribution in [1.29, 1.82) is 0 Å². The minimum absolute atomic E-state index is 0.380. The predicted octanol–water partition coefficient (Wildman–Crippen LogP) is 2.84. The van der Waals surface area contributed by atoms with Crippen LogP contribution in [0.1, 0.15) is 41.0 Å². The van der Waals surface area contributed by atoms with Gasteiger partial charge in [0.1, 0.15) is 0 Å². The van der Waals surface area contributed by atoms with Crippen LogP contribution in [0.3, 0.4) is 0 Å². The summed E-state index contributed by atoms with van der Waals surface area (Å²) in [6.45, 7) is 16.5. The van der Waals surface area contributed by atoms with Crippen molar-refractivity contribution in [3.63, 3.8) is 0 Å². The van der Waals surface area contributed by atoms with E-state index in [1.807, 2.05) is 0 Å². The molecule has 0 aromatic heterocycles. The molecule has 17 heavy (non-hydrogen) atoms. The van der Waals surface area contributed by atoms with E-state index in [0.29, 0.717) is 5.41 Å². The summed E-state index contributed by atoms with van der Waals surface area (Å²) >= 11 is 2.12. The highest BCUT2D eigenvalue weighted by atomic mass is 32.2. The molecule has 0 aromatic carbocycles. The van der Waals surface area contributed by atoms with Crippen LogP contribution in [-0.4, -0.2) is 48.1 Å². The lowest BCUT2D eigenvalue weighted by Gasteiger charge is -2.42. The third kappa shape index (κ3) is 5.19. The number of rotatable bonds is 6. The van der Waals surface area contributed by atoms with E-state index in [0.717, 1.165) is 24.4 Å². The maximum absolute atomic E-state index is 3.56. The van der Waals surface area contributed by atoms with E-state index in [4.69, 9.17) is 0 Å². The van der Waals surface area contributed by atoms with Crippen molar-refractivity contribution < 1.29 is 0 Å². The summed E-state index contributed by atoms with van der Waals surface area (Å²) in [7, 11) is 0. The molecule has 102 valence electrons. The molecular formula is C14H30N2S. The number of hydrogen-bond donors (Lipinski definition) is 1. The summed E-state index contributed by atoms with van der Waals surface area (Å²) in [4.78, 5) is 2.68. The molecule has 0 bridgehead atoms. The molecule has 3 heteroatoms. The van der Waals surface area contributed by atoms with Gasteiger partial charge in [-0.05, 0) is 25.3 Å². The van der Waals surface area contributed by atoms with Gasteiger partial charge in [0.05, 0.1) is 0 Å². The highest BCUT2D eigenvalue weighted by Gasteiger charge is 2.29. The zero-order valence-corrected chi connectivity index (χ0v) is 13.1. The van der Waals surface area contributed by atoms with Gasteiger partial charge in [-0.15, -0.1) is 0 Å². The predicted molar refractivity (Wildman–Crippen MR) is 79.9 cm³/mol. The van der Waals surface area contributed by atoms with Crippen LogP contribution in [-0.2, 0) is 0 Å². The number of thioether (sulfide) groups is 1. The van der Waals surface area contributed by atoms with Gasteiger partial charge in [0, 0.05) is 36.7 Å². The van der Waals surface area contributed by atoms with Crippen LogP contribution < -0.4 is 5.32 Å². The van der Waals surface area contributed by atoms with Crippen molar-refractivity contribution in [3.8, 4) is 0 Å². The lowest BCUT2D eigenvalue weighted by molar-refractivity contribution is 0.137. The second-order valence-corrected chi connectivity index (χ2v) is 7.61. The van der Waals surface area contributed by atoms with E-state index in [1.165, 1.54) is 25.3 Å². The van der Waals surface area contributed by atoms with Crippen LogP contribution in [0.15, 0.2) is 0 Å². The summed E-state index contributed by atoms with van der Waals surface area (Å²) in [5.41, 5.74) is 0.380. The third-order valence-electron chi connectivity index (χ3n) is 3.68. The standard InChI is InChI=1S/C14H30N2S/c1-6-7-15-10-14(4,5)11-16-8-9-17-13(3)12(16)2/h12-13,15H,6-11H2,1-5H3. The van der Waals surface area contributed by atoms with Crippen LogP contribution >= 0.6 is 11.8 Å². The molecule has 0 aromatic rings. The second-order valence-electron chi connectivity index (χ2n) is 6.13. The Labute approximate surface area is 112 Å². The van der Waals surface area contributed by atoms with Crippen molar-refractivity contribution in [3.05, 3.63) is 0 Å². The van der Waals surface area contributed by atoms with Gasteiger partial charge in [-0.25, -0.2) is 0 Å². The SMILES string of the molecule is CCCNCC(C)(C)CN1CCSC(C)C1C. The Bertz CT molecular complexity index is 218. The average Bonchev–Trinajstić information content (AvgIpc) is 2.25. The maximum atomic E-state index is 3.56. The van der Waals surface area contributed by atoms with Crippen molar-refractivity contribution in [2.75, 3.05) is 31.9 Å². The third-order valence-corrected chi connectivity index (χ3v) is 5.01. The number of hydrogen-bond acceptors (Lipinski definition) is 3. The number of nitrogens with zero attached hydrogens (tertiary/aromatic N) is 1. The average molecular weight is 258 g/mol. The van der Waals surface area contributed by atoms with Crippen LogP contribution in [0.25, 0.3) is 0 Å². The zero-order chi connectivity index (χ0) is 12.9. The van der Waals surface area contributed by atoms with Gasteiger partial charge in [-0.2, -0.15) is 11.8 Å². The Hall–Kier alpha value is 0.270. The van der Waals surface area contributed by atoms with Gasteiger partial charge >= 0.3 is 0 Å². The lowest BCUT2D eigenvalue weighted by atomic mass is 9.91. The molecule has 1 aliphatic rings.